The molecule has 0 saturated carbocycles. The molecule has 0 N–H and O–H groups in total. The van der Waals surface area contributed by atoms with Crippen LogP contribution < -0.4 is 0 Å². The van der Waals surface area contributed by atoms with E-state index in [0.29, 0.717) is 19.3 Å². The summed E-state index contributed by atoms with van der Waals surface area (Å²) in [5, 5.41) is 0. The van der Waals surface area contributed by atoms with Crippen LogP contribution in [-0.2, 0) is 28.6 Å². The Labute approximate surface area is 405 Å². The zero-order chi connectivity index (χ0) is 47.9. The Kier molecular flexibility index (Phi) is 49.6. The lowest BCUT2D eigenvalue weighted by molar-refractivity contribution is -0.167. The topological polar surface area (TPSA) is 78.9 Å². The van der Waals surface area contributed by atoms with E-state index in [-0.39, 0.29) is 37.5 Å². The fraction of sp³-hybridized carbons (Fsp3) is 0.583. The smallest absolute Gasteiger partial charge is 0.306 e. The monoisotopic (exact) mass is 911 g/mol. The third kappa shape index (κ3) is 50.5. The number of esters is 3. The van der Waals surface area contributed by atoms with E-state index in [1.165, 1.54) is 38.5 Å². The molecule has 0 rings (SSSR count). The lowest BCUT2D eigenvalue weighted by Crippen LogP contribution is -2.30. The van der Waals surface area contributed by atoms with Gasteiger partial charge in [0.1, 0.15) is 13.2 Å². The number of allylic oxidation sites excluding steroid dienone is 22. The van der Waals surface area contributed by atoms with E-state index in [9.17, 15) is 14.4 Å². The first kappa shape index (κ1) is 61.5. The minimum Gasteiger partial charge on any atom is -0.462 e. The molecule has 1 unspecified atom stereocenters. The summed E-state index contributed by atoms with van der Waals surface area (Å²) in [4.78, 5) is 38.0. The van der Waals surface area contributed by atoms with Gasteiger partial charge in [-0.25, -0.2) is 0 Å². The Morgan fingerprint density at radius 1 is 0.318 bits per heavy atom. The molecule has 0 aromatic rings. The first-order valence-electron chi connectivity index (χ1n) is 26.2. The van der Waals surface area contributed by atoms with E-state index in [1.807, 2.05) is 36.5 Å². The standard InChI is InChI=1S/C60H94O6/c1-4-7-10-13-16-19-22-25-27-29-30-31-33-35-38-41-44-47-50-53-59(62)65-56-57(55-64-58(61)52-49-46-43-40-37-34-24-21-18-15-12-9-6-3)66-60(63)54-51-48-45-42-39-36-32-28-26-23-20-17-14-11-8-5-2/h7-12,15-21,24-28,34,36-37,39,57H,4-6,13-14,22-23,29-33,35,38,40-56H2,1-3H3/b10-7+,11-8+,12-9+,18-15+,19-16+,20-17+,24-21+,27-25+,28-26+,37-34+,39-36+. The Hall–Kier alpha value is -4.45. The summed E-state index contributed by atoms with van der Waals surface area (Å²) in [6, 6.07) is 0. The molecule has 0 spiro atoms. The van der Waals surface area contributed by atoms with E-state index in [2.05, 4.69) is 118 Å². The molecule has 0 radical (unpaired) electrons. The van der Waals surface area contributed by atoms with Crippen LogP contribution in [0.25, 0.3) is 0 Å². The van der Waals surface area contributed by atoms with Gasteiger partial charge in [-0.1, -0.05) is 212 Å². The number of unbranched alkanes of at least 4 members (excludes halogenated alkanes) is 15. The van der Waals surface area contributed by atoms with E-state index in [4.69, 9.17) is 14.2 Å². The van der Waals surface area contributed by atoms with Crippen LogP contribution in [0.2, 0.25) is 0 Å². The van der Waals surface area contributed by atoms with Crippen LogP contribution in [0, 0.1) is 0 Å². The predicted molar refractivity (Wildman–Crippen MR) is 283 cm³/mol. The molecule has 0 amide bonds. The van der Waals surface area contributed by atoms with Crippen molar-refractivity contribution in [3.05, 3.63) is 134 Å². The molecule has 0 aliphatic carbocycles. The second-order valence-corrected chi connectivity index (χ2v) is 16.7. The number of carbonyl (C=O) groups excluding carboxylic acids is 3. The molecule has 0 fully saturated rings. The molecule has 1 atom stereocenters. The van der Waals surface area contributed by atoms with Crippen molar-refractivity contribution in [2.45, 2.75) is 213 Å². The van der Waals surface area contributed by atoms with Crippen molar-refractivity contribution in [2.24, 2.45) is 0 Å². The lowest BCUT2D eigenvalue weighted by Gasteiger charge is -2.18. The van der Waals surface area contributed by atoms with Crippen LogP contribution in [0.3, 0.4) is 0 Å². The van der Waals surface area contributed by atoms with Gasteiger partial charge in [0.2, 0.25) is 0 Å². The molecule has 0 saturated heterocycles. The average Bonchev–Trinajstić information content (AvgIpc) is 3.31. The van der Waals surface area contributed by atoms with Crippen molar-refractivity contribution >= 4 is 17.9 Å². The first-order valence-corrected chi connectivity index (χ1v) is 26.2. The first-order chi connectivity index (χ1) is 32.5. The number of hydrogen-bond acceptors (Lipinski definition) is 6. The van der Waals surface area contributed by atoms with Crippen molar-refractivity contribution in [3.63, 3.8) is 0 Å². The highest BCUT2D eigenvalue weighted by atomic mass is 16.6. The zero-order valence-electron chi connectivity index (χ0n) is 42.1. The van der Waals surface area contributed by atoms with Crippen molar-refractivity contribution in [1.82, 2.24) is 0 Å². The quantitative estimate of drug-likeness (QED) is 0.0199. The van der Waals surface area contributed by atoms with Gasteiger partial charge in [0.05, 0.1) is 0 Å². The van der Waals surface area contributed by atoms with Crippen molar-refractivity contribution < 1.29 is 28.6 Å². The third-order valence-corrected chi connectivity index (χ3v) is 10.5. The number of ether oxygens (including phenoxy) is 3. The Balaban J connectivity index is 4.50. The van der Waals surface area contributed by atoms with E-state index >= 15 is 0 Å². The van der Waals surface area contributed by atoms with Gasteiger partial charge in [-0.15, -0.1) is 0 Å². The Bertz CT molecular complexity index is 1460. The summed E-state index contributed by atoms with van der Waals surface area (Å²) in [6.07, 6.45) is 74.4. The molecule has 6 heteroatoms. The van der Waals surface area contributed by atoms with Crippen LogP contribution in [-0.4, -0.2) is 37.2 Å². The molecular weight excluding hydrogens is 817 g/mol. The third-order valence-electron chi connectivity index (χ3n) is 10.5. The molecule has 0 aromatic carbocycles. The molecule has 0 bridgehead atoms. The molecule has 0 aliphatic heterocycles. The minimum atomic E-state index is -0.818. The second-order valence-electron chi connectivity index (χ2n) is 16.7. The lowest BCUT2D eigenvalue weighted by atomic mass is 10.1. The van der Waals surface area contributed by atoms with Crippen LogP contribution in [0.1, 0.15) is 207 Å². The largest absolute Gasteiger partial charge is 0.462 e. The highest BCUT2D eigenvalue weighted by Gasteiger charge is 2.19. The zero-order valence-corrected chi connectivity index (χ0v) is 42.1. The van der Waals surface area contributed by atoms with Crippen molar-refractivity contribution in [1.29, 1.82) is 0 Å². The van der Waals surface area contributed by atoms with Crippen LogP contribution >= 0.6 is 0 Å². The summed E-state index contributed by atoms with van der Waals surface area (Å²) >= 11 is 0. The maximum Gasteiger partial charge on any atom is 0.306 e. The maximum absolute atomic E-state index is 12.8. The van der Waals surface area contributed by atoms with Gasteiger partial charge < -0.3 is 14.2 Å². The molecule has 6 nitrogen and oxygen atoms in total. The van der Waals surface area contributed by atoms with Crippen molar-refractivity contribution in [3.8, 4) is 0 Å². The van der Waals surface area contributed by atoms with E-state index < -0.39 is 6.10 Å². The van der Waals surface area contributed by atoms with Gasteiger partial charge in [-0.3, -0.25) is 14.4 Å². The number of hydrogen-bond donors (Lipinski definition) is 0. The summed E-state index contributed by atoms with van der Waals surface area (Å²) in [5.41, 5.74) is 0. The van der Waals surface area contributed by atoms with Gasteiger partial charge >= 0.3 is 17.9 Å². The minimum absolute atomic E-state index is 0.112. The van der Waals surface area contributed by atoms with Gasteiger partial charge in [0.15, 0.2) is 6.10 Å². The SMILES string of the molecule is CC/C=C/C=C/C=C/C=C/CCCCCC(=O)OCC(COC(=O)CCCCCCCCCCC/C=C/C/C=C/C/C=C/CC)OC(=O)CCCCC/C=C/C/C=C/C/C=C/C/C=C/CC. The number of carbonyl (C=O) groups is 3. The Morgan fingerprint density at radius 3 is 1.05 bits per heavy atom. The Morgan fingerprint density at radius 2 is 0.621 bits per heavy atom. The normalized spacial score (nSPS) is 13.2. The molecular formula is C60H94O6. The predicted octanol–water partition coefficient (Wildman–Crippen LogP) is 17.5. The van der Waals surface area contributed by atoms with Crippen LogP contribution in [0.5, 0.6) is 0 Å². The molecule has 370 valence electrons. The van der Waals surface area contributed by atoms with Gasteiger partial charge in [0, 0.05) is 19.3 Å². The molecule has 0 aliphatic rings. The average molecular weight is 911 g/mol. The summed E-state index contributed by atoms with van der Waals surface area (Å²) < 4.78 is 16.7. The van der Waals surface area contributed by atoms with Crippen molar-refractivity contribution in [2.75, 3.05) is 13.2 Å². The molecule has 66 heavy (non-hydrogen) atoms. The summed E-state index contributed by atoms with van der Waals surface area (Å²) in [6.45, 7) is 6.19. The summed E-state index contributed by atoms with van der Waals surface area (Å²) in [7, 11) is 0. The molecule has 0 aromatic heterocycles. The van der Waals surface area contributed by atoms with Gasteiger partial charge in [-0.2, -0.15) is 0 Å². The number of rotatable bonds is 45. The maximum atomic E-state index is 12.8. The van der Waals surface area contributed by atoms with Crippen LogP contribution in [0.4, 0.5) is 0 Å². The van der Waals surface area contributed by atoms with Gasteiger partial charge in [0.25, 0.3) is 0 Å². The highest BCUT2D eigenvalue weighted by Crippen LogP contribution is 2.13. The highest BCUT2D eigenvalue weighted by molar-refractivity contribution is 5.71. The molecule has 0 heterocycles. The van der Waals surface area contributed by atoms with Crippen LogP contribution in [0.15, 0.2) is 134 Å². The van der Waals surface area contributed by atoms with Gasteiger partial charge in [-0.05, 0) is 109 Å². The fourth-order valence-electron chi connectivity index (χ4n) is 6.63. The van der Waals surface area contributed by atoms with E-state index in [0.717, 1.165) is 122 Å². The second kappa shape index (κ2) is 53.2. The van der Waals surface area contributed by atoms with E-state index in [1.54, 1.807) is 0 Å². The fourth-order valence-corrected chi connectivity index (χ4v) is 6.63. The summed E-state index contributed by atoms with van der Waals surface area (Å²) in [5.74, 6) is -0.998.